The van der Waals surface area contributed by atoms with Crippen molar-refractivity contribution in [1.82, 2.24) is 4.90 Å². The fourth-order valence-corrected chi connectivity index (χ4v) is 2.46. The lowest BCUT2D eigenvalue weighted by Crippen LogP contribution is -2.33. The normalized spacial score (nSPS) is 15.0. The summed E-state index contributed by atoms with van der Waals surface area (Å²) in [6, 6.07) is 5.51. The molecule has 0 atom stereocenters. The van der Waals surface area contributed by atoms with E-state index in [1.54, 1.807) is 0 Å². The highest BCUT2D eigenvalue weighted by atomic mass is 79.9. The van der Waals surface area contributed by atoms with Gasteiger partial charge in [-0.2, -0.15) is 0 Å². The Kier molecular flexibility index (Phi) is 3.89. The summed E-state index contributed by atoms with van der Waals surface area (Å²) in [4.78, 5) is 13.7. The van der Waals surface area contributed by atoms with Crippen molar-refractivity contribution in [3.63, 3.8) is 0 Å². The number of nitrogens with two attached hydrogens (primary N) is 1. The number of hydrogen-bond acceptors (Lipinski definition) is 3. The lowest BCUT2D eigenvalue weighted by Gasteiger charge is -2.16. The topological polar surface area (TPSA) is 58.4 Å². The molecule has 0 unspecified atom stereocenters. The molecule has 0 aliphatic carbocycles. The summed E-state index contributed by atoms with van der Waals surface area (Å²) in [5, 5.41) is 3.12. The van der Waals surface area contributed by atoms with Gasteiger partial charge >= 0.3 is 0 Å². The molecule has 0 aromatic heterocycles. The van der Waals surface area contributed by atoms with Gasteiger partial charge in [-0.3, -0.25) is 4.79 Å². The SMILES string of the molecule is Nc1ccc(NCC(=O)N2CCCC2)c(Br)c1. The van der Waals surface area contributed by atoms with Crippen LogP contribution in [0.4, 0.5) is 11.4 Å². The fourth-order valence-electron chi connectivity index (χ4n) is 1.92. The number of carbonyl (C=O) groups excluding carboxylic acids is 1. The van der Waals surface area contributed by atoms with E-state index < -0.39 is 0 Å². The molecule has 1 saturated heterocycles. The van der Waals surface area contributed by atoms with E-state index in [0.29, 0.717) is 12.2 Å². The van der Waals surface area contributed by atoms with Gasteiger partial charge < -0.3 is 16.0 Å². The number of amides is 1. The minimum Gasteiger partial charge on any atom is -0.399 e. The third-order valence-corrected chi connectivity index (χ3v) is 3.54. The zero-order valence-electron chi connectivity index (χ0n) is 9.58. The number of benzene rings is 1. The van der Waals surface area contributed by atoms with Gasteiger partial charge in [0.1, 0.15) is 0 Å². The van der Waals surface area contributed by atoms with E-state index in [-0.39, 0.29) is 5.91 Å². The van der Waals surface area contributed by atoms with Crippen LogP contribution in [-0.2, 0) is 4.79 Å². The lowest BCUT2D eigenvalue weighted by molar-refractivity contribution is -0.128. The van der Waals surface area contributed by atoms with Gasteiger partial charge in [0.25, 0.3) is 0 Å². The zero-order valence-corrected chi connectivity index (χ0v) is 11.2. The van der Waals surface area contributed by atoms with E-state index in [0.717, 1.165) is 36.1 Å². The summed E-state index contributed by atoms with van der Waals surface area (Å²) in [7, 11) is 0. The first kappa shape index (κ1) is 12.2. The zero-order chi connectivity index (χ0) is 12.3. The number of nitrogens with one attached hydrogen (secondary N) is 1. The molecule has 0 spiro atoms. The molecule has 1 aliphatic heterocycles. The molecular weight excluding hydrogens is 282 g/mol. The standard InChI is InChI=1S/C12H16BrN3O/c13-10-7-9(14)3-4-11(10)15-8-12(17)16-5-1-2-6-16/h3-4,7,15H,1-2,5-6,8,14H2. The number of halogens is 1. The van der Waals surface area contributed by atoms with Gasteiger partial charge in [-0.1, -0.05) is 0 Å². The van der Waals surface area contributed by atoms with E-state index in [9.17, 15) is 4.79 Å². The molecule has 0 saturated carbocycles. The first-order valence-electron chi connectivity index (χ1n) is 5.73. The van der Waals surface area contributed by atoms with E-state index in [1.165, 1.54) is 0 Å². The number of nitrogens with zero attached hydrogens (tertiary/aromatic N) is 1. The number of carbonyl (C=O) groups is 1. The Morgan fingerprint density at radius 1 is 1.41 bits per heavy atom. The maximum absolute atomic E-state index is 11.8. The highest BCUT2D eigenvalue weighted by Gasteiger charge is 2.17. The first-order chi connectivity index (χ1) is 8.16. The van der Waals surface area contributed by atoms with E-state index in [1.807, 2.05) is 23.1 Å². The maximum Gasteiger partial charge on any atom is 0.241 e. The highest BCUT2D eigenvalue weighted by Crippen LogP contribution is 2.24. The Balaban J connectivity index is 1.90. The largest absolute Gasteiger partial charge is 0.399 e. The number of hydrogen-bond donors (Lipinski definition) is 2. The smallest absolute Gasteiger partial charge is 0.241 e. The predicted octanol–water partition coefficient (Wildman–Crippen LogP) is 2.07. The lowest BCUT2D eigenvalue weighted by atomic mass is 10.3. The van der Waals surface area contributed by atoms with Gasteiger partial charge in [-0.25, -0.2) is 0 Å². The van der Waals surface area contributed by atoms with Crippen LogP contribution in [0.2, 0.25) is 0 Å². The van der Waals surface area contributed by atoms with E-state index >= 15 is 0 Å². The van der Waals surface area contributed by atoms with Crippen molar-refractivity contribution in [1.29, 1.82) is 0 Å². The summed E-state index contributed by atoms with van der Waals surface area (Å²) in [6.07, 6.45) is 2.24. The summed E-state index contributed by atoms with van der Waals surface area (Å²) < 4.78 is 0.881. The molecule has 1 aliphatic rings. The summed E-state index contributed by atoms with van der Waals surface area (Å²) >= 11 is 3.41. The van der Waals surface area contributed by atoms with E-state index in [4.69, 9.17) is 5.73 Å². The molecule has 3 N–H and O–H groups in total. The van der Waals surface area contributed by atoms with Crippen molar-refractivity contribution in [2.24, 2.45) is 0 Å². The summed E-state index contributed by atoms with van der Waals surface area (Å²) in [5.41, 5.74) is 7.25. The number of rotatable bonds is 3. The van der Waals surface area contributed by atoms with Gasteiger partial charge in [-0.05, 0) is 47.0 Å². The van der Waals surface area contributed by atoms with Crippen LogP contribution in [0.5, 0.6) is 0 Å². The predicted molar refractivity (Wildman–Crippen MR) is 72.9 cm³/mol. The van der Waals surface area contributed by atoms with Crippen LogP contribution in [-0.4, -0.2) is 30.4 Å². The number of likely N-dealkylation sites (tertiary alicyclic amines) is 1. The Hall–Kier alpha value is -1.23. The van der Waals surface area contributed by atoms with Crippen LogP contribution in [0.3, 0.4) is 0 Å². The van der Waals surface area contributed by atoms with Crippen molar-refractivity contribution in [2.75, 3.05) is 30.7 Å². The van der Waals surface area contributed by atoms with Crippen LogP contribution in [0.25, 0.3) is 0 Å². The molecule has 4 nitrogen and oxygen atoms in total. The van der Waals surface area contributed by atoms with Gasteiger partial charge in [0.2, 0.25) is 5.91 Å². The molecule has 1 fully saturated rings. The van der Waals surface area contributed by atoms with Crippen molar-refractivity contribution >= 4 is 33.2 Å². The van der Waals surface area contributed by atoms with Crippen LogP contribution < -0.4 is 11.1 Å². The molecule has 1 aromatic carbocycles. The maximum atomic E-state index is 11.8. The molecule has 5 heteroatoms. The second kappa shape index (κ2) is 5.40. The molecule has 2 rings (SSSR count). The van der Waals surface area contributed by atoms with Crippen molar-refractivity contribution in [2.45, 2.75) is 12.8 Å². The van der Waals surface area contributed by atoms with Crippen LogP contribution in [0.1, 0.15) is 12.8 Å². The Morgan fingerprint density at radius 3 is 2.76 bits per heavy atom. The second-order valence-corrected chi connectivity index (χ2v) is 5.04. The molecule has 1 amide bonds. The van der Waals surface area contributed by atoms with Crippen LogP contribution in [0, 0.1) is 0 Å². The minimum absolute atomic E-state index is 0.159. The average Bonchev–Trinajstić information content (AvgIpc) is 2.81. The molecule has 0 bridgehead atoms. The molecule has 92 valence electrons. The van der Waals surface area contributed by atoms with Crippen molar-refractivity contribution < 1.29 is 4.79 Å². The van der Waals surface area contributed by atoms with Gasteiger partial charge in [-0.15, -0.1) is 0 Å². The minimum atomic E-state index is 0.159. The quantitative estimate of drug-likeness (QED) is 0.840. The molecular formula is C12H16BrN3O. The van der Waals surface area contributed by atoms with Gasteiger partial charge in [0.15, 0.2) is 0 Å². The monoisotopic (exact) mass is 297 g/mol. The Bertz CT molecular complexity index is 416. The van der Waals surface area contributed by atoms with Crippen molar-refractivity contribution in [3.8, 4) is 0 Å². The third-order valence-electron chi connectivity index (χ3n) is 2.88. The summed E-state index contributed by atoms with van der Waals surface area (Å²) in [6.45, 7) is 2.12. The third kappa shape index (κ3) is 3.12. The number of anilines is 2. The van der Waals surface area contributed by atoms with Crippen LogP contribution >= 0.6 is 15.9 Å². The Labute approximate surface area is 109 Å². The van der Waals surface area contributed by atoms with Gasteiger partial charge in [0.05, 0.1) is 6.54 Å². The fraction of sp³-hybridized carbons (Fsp3) is 0.417. The van der Waals surface area contributed by atoms with Crippen molar-refractivity contribution in [3.05, 3.63) is 22.7 Å². The molecule has 1 heterocycles. The Morgan fingerprint density at radius 2 is 2.12 bits per heavy atom. The first-order valence-corrected chi connectivity index (χ1v) is 6.53. The van der Waals surface area contributed by atoms with Gasteiger partial charge in [0, 0.05) is 28.9 Å². The molecule has 1 aromatic rings. The molecule has 17 heavy (non-hydrogen) atoms. The summed E-state index contributed by atoms with van der Waals surface area (Å²) in [5.74, 6) is 0.159. The van der Waals surface area contributed by atoms with E-state index in [2.05, 4.69) is 21.2 Å². The average molecular weight is 298 g/mol. The van der Waals surface area contributed by atoms with Crippen LogP contribution in [0.15, 0.2) is 22.7 Å². The highest BCUT2D eigenvalue weighted by molar-refractivity contribution is 9.10. The number of nitrogen functional groups attached to an aromatic ring is 1. The molecule has 0 radical (unpaired) electrons. The second-order valence-electron chi connectivity index (χ2n) is 4.18.